The summed E-state index contributed by atoms with van der Waals surface area (Å²) < 4.78 is 24.3. The Kier molecular flexibility index (Phi) is 21.3. The lowest BCUT2D eigenvalue weighted by Gasteiger charge is -2.23. The van der Waals surface area contributed by atoms with Crippen molar-refractivity contribution >= 4 is 49.3 Å². The Morgan fingerprint density at radius 2 is 0.571 bits per heavy atom. The molecule has 0 radical (unpaired) electrons. The number of hydrogen-bond donors (Lipinski definition) is 3. The smallest absolute Gasteiger partial charge is 0.240 e. The second-order valence-electron chi connectivity index (χ2n) is 27.3. The molecule has 9 heterocycles. The van der Waals surface area contributed by atoms with Crippen molar-refractivity contribution in [2.75, 3.05) is 19.6 Å². The third kappa shape index (κ3) is 16.5. The number of hydrogen-bond acceptors (Lipinski definition) is 18. The van der Waals surface area contributed by atoms with Crippen LogP contribution in [0.25, 0.3) is 49.3 Å². The second kappa shape index (κ2) is 32.9. The fourth-order valence-electron chi connectivity index (χ4n) is 13.8. The van der Waals surface area contributed by atoms with Gasteiger partial charge in [-0.3, -0.25) is 15.0 Å². The Balaban J connectivity index is 0.000000121. The quantitative estimate of drug-likeness (QED) is 0.0406. The molecule has 105 heavy (non-hydrogen) atoms. The van der Waals surface area contributed by atoms with Crippen LogP contribution in [0.15, 0.2) is 218 Å². The van der Waals surface area contributed by atoms with E-state index in [2.05, 4.69) is 131 Å². The molecule has 6 aromatic carbocycles. The molecule has 9 aromatic heterocycles. The average Bonchev–Trinajstić information content (AvgIpc) is 1.63. The highest BCUT2D eigenvalue weighted by Crippen LogP contribution is 2.41. The van der Waals surface area contributed by atoms with E-state index in [1.54, 1.807) is 0 Å². The van der Waals surface area contributed by atoms with Gasteiger partial charge in [-0.25, -0.2) is 0 Å². The van der Waals surface area contributed by atoms with Crippen molar-refractivity contribution in [3.63, 3.8) is 0 Å². The first-order valence-corrected chi connectivity index (χ1v) is 36.9. The van der Waals surface area contributed by atoms with Crippen molar-refractivity contribution in [1.29, 1.82) is 0 Å². The third-order valence-corrected chi connectivity index (χ3v) is 19.8. The Labute approximate surface area is 608 Å². The number of ether oxygens (including phenoxy) is 3. The molecular weight excluding hydrogens is 1310 g/mol. The van der Waals surface area contributed by atoms with Crippen molar-refractivity contribution in [1.82, 2.24) is 90.3 Å². The summed E-state index contributed by atoms with van der Waals surface area (Å²) in [4.78, 5) is 14.4. The van der Waals surface area contributed by atoms with Gasteiger partial charge in [-0.05, 0) is 149 Å². The van der Waals surface area contributed by atoms with E-state index in [-0.39, 0.29) is 0 Å². The molecule has 0 aliphatic heterocycles. The molecule has 3 aliphatic rings. The highest BCUT2D eigenvalue weighted by atomic mass is 16.5. The van der Waals surface area contributed by atoms with Crippen LogP contribution < -0.4 is 30.2 Å². The van der Waals surface area contributed by atoms with Gasteiger partial charge >= 0.3 is 0 Å². The molecule has 3 saturated carbocycles. The van der Waals surface area contributed by atoms with Crippen LogP contribution in [0.3, 0.4) is 0 Å². The Bertz CT molecular complexity index is 5390. The molecule has 0 atom stereocenters. The molecule has 0 bridgehead atoms. The molecule has 0 amide bonds. The van der Waals surface area contributed by atoms with Gasteiger partial charge in [0.15, 0.2) is 34.4 Å². The minimum absolute atomic E-state index is 0.348. The number of fused-ring (bicyclic) bond motifs is 9. The number of nitrogens with zero attached hydrogens (tertiary/aromatic N) is 15. The number of aromatic nitrogens is 15. The van der Waals surface area contributed by atoms with E-state index < -0.39 is 0 Å². The van der Waals surface area contributed by atoms with Gasteiger partial charge in [0, 0.05) is 69.7 Å². The predicted molar refractivity (Wildman–Crippen MR) is 406 cm³/mol. The third-order valence-electron chi connectivity index (χ3n) is 19.8. The lowest BCUT2D eigenvalue weighted by Crippen LogP contribution is -2.18. The van der Waals surface area contributed by atoms with E-state index >= 15 is 0 Å². The van der Waals surface area contributed by atoms with Crippen LogP contribution in [-0.2, 0) is 58.7 Å². The maximum absolute atomic E-state index is 6.27. The first-order valence-electron chi connectivity index (χ1n) is 36.9. The van der Waals surface area contributed by atoms with Crippen molar-refractivity contribution in [3.05, 3.63) is 287 Å². The molecule has 0 unspecified atom stereocenters. The zero-order chi connectivity index (χ0) is 70.4. The molecule has 3 N–H and O–H groups in total. The maximum atomic E-state index is 6.27. The van der Waals surface area contributed by atoms with E-state index in [1.807, 2.05) is 147 Å². The van der Waals surface area contributed by atoms with Crippen LogP contribution in [0, 0.1) is 0 Å². The SMILES string of the molecule is c1ccc(CCNCc2cccc(COc3nn4c(C5CC5)nnc4c4ccccc34)n2)cc1.c1ccc(CCNCc2cccc(COc3nn4c(C5CCC5)nnc4c4ccccc34)n2)cc1.c1ccc(CCNCc2cccc(COc3nn4c(C5CCCC5)nnc4c4ccccc34)n2)cc1. The van der Waals surface area contributed by atoms with Gasteiger partial charge in [-0.1, -0.05) is 183 Å². The number of pyridine rings is 3. The summed E-state index contributed by atoms with van der Waals surface area (Å²) in [7, 11) is 0. The van der Waals surface area contributed by atoms with Crippen molar-refractivity contribution in [2.24, 2.45) is 0 Å². The molecule has 3 fully saturated rings. The molecule has 0 saturated heterocycles. The van der Waals surface area contributed by atoms with E-state index in [4.69, 9.17) is 44.5 Å². The summed E-state index contributed by atoms with van der Waals surface area (Å²) in [5, 5.41) is 57.5. The largest absolute Gasteiger partial charge is 0.470 e. The molecule has 21 heteroatoms. The van der Waals surface area contributed by atoms with Crippen LogP contribution in [0.2, 0.25) is 0 Å². The van der Waals surface area contributed by atoms with E-state index in [1.165, 1.54) is 36.0 Å². The van der Waals surface area contributed by atoms with Gasteiger partial charge in [0.1, 0.15) is 19.8 Å². The summed E-state index contributed by atoms with van der Waals surface area (Å²) in [6.45, 7) is 5.93. The van der Waals surface area contributed by atoms with E-state index in [0.29, 0.717) is 55.2 Å². The van der Waals surface area contributed by atoms with Crippen molar-refractivity contribution in [3.8, 4) is 17.6 Å². The second-order valence-corrected chi connectivity index (χ2v) is 27.3. The summed E-state index contributed by atoms with van der Waals surface area (Å²) >= 11 is 0. The molecule has 528 valence electrons. The van der Waals surface area contributed by atoms with Gasteiger partial charge < -0.3 is 30.2 Å². The van der Waals surface area contributed by atoms with Gasteiger partial charge in [0.05, 0.1) is 34.2 Å². The molecule has 3 aliphatic carbocycles. The molecule has 15 aromatic rings. The Morgan fingerprint density at radius 3 is 0.876 bits per heavy atom. The molecule has 18 rings (SSSR count). The first-order chi connectivity index (χ1) is 52.0. The number of nitrogens with one attached hydrogen (secondary N) is 3. The lowest BCUT2D eigenvalue weighted by molar-refractivity contribution is 0.287. The first kappa shape index (κ1) is 67.9. The van der Waals surface area contributed by atoms with Crippen molar-refractivity contribution < 1.29 is 14.2 Å². The van der Waals surface area contributed by atoms with Crippen molar-refractivity contribution in [2.45, 2.75) is 134 Å². The standard InChI is InChI=1S/C29H30N6O.C28H28N6O.C27H26N6O/c1-2-9-21(10-3-1)17-18-30-19-23-13-8-14-24(31-23)20-36-29-26-16-7-6-15-25(26)28-33-32-27(35(28)34-29)22-11-4-5-12-22;1-2-8-20(9-3-1)16-17-29-18-22-12-7-13-23(30-22)19-35-28-25-15-5-4-14-24(25)27-32-31-26(34(27)33-28)21-10-6-11-21;1-2-7-19(8-3-1)15-16-28-17-21-9-6-10-22(29-21)18-34-27-24-12-5-4-11-23(24)26-31-30-25(20-13-14-20)33(26)32-27/h1-3,6-10,13-16,22,30H,4-5,11-12,17-20H2;1-5,7-9,12-15,21,29H,6,10-11,16-19H2;1-12,20,28H,13-18H2. The number of rotatable bonds is 27. The van der Waals surface area contributed by atoms with Crippen LogP contribution in [0.1, 0.15) is 144 Å². The monoisotopic (exact) mass is 1390 g/mol. The van der Waals surface area contributed by atoms with Crippen LogP contribution in [0.5, 0.6) is 17.6 Å². The zero-order valence-corrected chi connectivity index (χ0v) is 58.8. The van der Waals surface area contributed by atoms with Gasteiger partial charge in [-0.15, -0.1) is 45.9 Å². The Morgan fingerprint density at radius 1 is 0.286 bits per heavy atom. The molecule has 0 spiro atoms. The van der Waals surface area contributed by atoms with Crippen LogP contribution in [0.4, 0.5) is 0 Å². The van der Waals surface area contributed by atoms with Gasteiger partial charge in [-0.2, -0.15) is 13.5 Å². The molecule has 21 nitrogen and oxygen atoms in total. The zero-order valence-electron chi connectivity index (χ0n) is 58.8. The predicted octanol–water partition coefficient (Wildman–Crippen LogP) is 14.6. The highest BCUT2D eigenvalue weighted by Gasteiger charge is 2.31. The summed E-state index contributed by atoms with van der Waals surface area (Å²) in [5.74, 6) is 5.85. The topological polar surface area (TPSA) is 232 Å². The summed E-state index contributed by atoms with van der Waals surface area (Å²) in [6, 6.07) is 74.0. The normalized spacial score (nSPS) is 13.8. The highest BCUT2D eigenvalue weighted by molar-refractivity contribution is 5.98. The minimum Gasteiger partial charge on any atom is -0.470 e. The van der Waals surface area contributed by atoms with Gasteiger partial charge in [0.2, 0.25) is 17.6 Å². The van der Waals surface area contributed by atoms with E-state index in [0.717, 1.165) is 198 Å². The molecular formula is C84H84N18O3. The Hall–Kier alpha value is -11.5. The summed E-state index contributed by atoms with van der Waals surface area (Å²) in [6.07, 6.45) is 13.5. The lowest BCUT2D eigenvalue weighted by atomic mass is 9.85. The average molecular weight is 1390 g/mol. The van der Waals surface area contributed by atoms with Crippen LogP contribution >= 0.6 is 0 Å². The minimum atomic E-state index is 0.348. The fraction of sp³-hybridized carbons (Fsp3) is 0.286. The fourth-order valence-corrected chi connectivity index (χ4v) is 13.8. The summed E-state index contributed by atoms with van der Waals surface area (Å²) in [5.41, 5.74) is 12.0. The van der Waals surface area contributed by atoms with Crippen LogP contribution in [-0.4, -0.2) is 94.0 Å². The number of benzene rings is 6. The maximum Gasteiger partial charge on any atom is 0.240 e. The van der Waals surface area contributed by atoms with E-state index in [9.17, 15) is 0 Å². The van der Waals surface area contributed by atoms with Gasteiger partial charge in [0.25, 0.3) is 0 Å².